The number of benzene rings is 1. The number of hydrogen-bond acceptors (Lipinski definition) is 5. The summed E-state index contributed by atoms with van der Waals surface area (Å²) in [5.74, 6) is -0.945. The summed E-state index contributed by atoms with van der Waals surface area (Å²) < 4.78 is 5.90. The van der Waals surface area contributed by atoms with Gasteiger partial charge in [0.25, 0.3) is 0 Å². The van der Waals surface area contributed by atoms with E-state index >= 15 is 0 Å². The number of allylic oxidation sites excluding steroid dienone is 3. The topological polar surface area (TPSA) is 85.9 Å². The summed E-state index contributed by atoms with van der Waals surface area (Å²) in [5.41, 5.74) is 4.44. The Morgan fingerprint density at radius 2 is 2.19 bits per heavy atom. The molecule has 0 fully saturated rings. The van der Waals surface area contributed by atoms with E-state index in [0.29, 0.717) is 24.0 Å². The van der Waals surface area contributed by atoms with Gasteiger partial charge >= 0.3 is 5.97 Å². The first-order valence-electron chi connectivity index (χ1n) is 10.5. The van der Waals surface area contributed by atoms with Gasteiger partial charge in [0.05, 0.1) is 37.2 Å². The number of nitriles is 1. The first kappa shape index (κ1) is 20.7. The third-order valence-corrected chi connectivity index (χ3v) is 5.74. The molecule has 158 valence electrons. The fourth-order valence-corrected chi connectivity index (χ4v) is 4.03. The molecule has 3 aliphatic rings. The molecule has 1 aromatic carbocycles. The van der Waals surface area contributed by atoms with Crippen molar-refractivity contribution in [3.63, 3.8) is 0 Å². The first-order chi connectivity index (χ1) is 15.1. The first-order valence-corrected chi connectivity index (χ1v) is 10.5. The molecule has 4 rings (SSSR count). The van der Waals surface area contributed by atoms with E-state index < -0.39 is 11.9 Å². The van der Waals surface area contributed by atoms with Gasteiger partial charge in [0.2, 0.25) is 0 Å². The lowest BCUT2D eigenvalue weighted by atomic mass is 9.95. The van der Waals surface area contributed by atoms with Crippen LogP contribution in [0, 0.1) is 11.3 Å². The van der Waals surface area contributed by atoms with Gasteiger partial charge < -0.3 is 9.84 Å². The molecule has 2 atom stereocenters. The molecule has 2 unspecified atom stereocenters. The van der Waals surface area contributed by atoms with Crippen molar-refractivity contribution in [2.45, 2.75) is 37.6 Å². The third-order valence-electron chi connectivity index (χ3n) is 5.74. The second-order valence-corrected chi connectivity index (χ2v) is 7.95. The molecule has 1 aliphatic heterocycles. The van der Waals surface area contributed by atoms with E-state index in [4.69, 9.17) is 9.84 Å². The smallest absolute Gasteiger partial charge is 0.305 e. The highest BCUT2D eigenvalue weighted by Crippen LogP contribution is 2.29. The Hall–Kier alpha value is -3.59. The summed E-state index contributed by atoms with van der Waals surface area (Å²) in [4.78, 5) is 10.9. The van der Waals surface area contributed by atoms with Gasteiger partial charge in [0.15, 0.2) is 0 Å². The lowest BCUT2D eigenvalue weighted by Crippen LogP contribution is -2.31. The highest BCUT2D eigenvalue weighted by atomic mass is 16.5. The van der Waals surface area contributed by atoms with Gasteiger partial charge in [0, 0.05) is 0 Å². The summed E-state index contributed by atoms with van der Waals surface area (Å²) in [7, 11) is 0. The number of hydrogen-bond donors (Lipinski definition) is 1. The van der Waals surface area contributed by atoms with Gasteiger partial charge in [-0.25, -0.2) is 0 Å². The molecule has 1 aromatic rings. The van der Waals surface area contributed by atoms with Crippen molar-refractivity contribution in [3.8, 4) is 11.8 Å². The number of carboxylic acids is 1. The van der Waals surface area contributed by atoms with Crippen LogP contribution in [0.15, 0.2) is 76.5 Å². The van der Waals surface area contributed by atoms with E-state index in [1.165, 1.54) is 11.1 Å². The van der Waals surface area contributed by atoms with Crippen LogP contribution in [0.2, 0.25) is 0 Å². The number of ether oxygens (including phenoxy) is 1. The van der Waals surface area contributed by atoms with E-state index in [1.807, 2.05) is 12.3 Å². The van der Waals surface area contributed by atoms with Crippen molar-refractivity contribution in [2.75, 3.05) is 13.2 Å². The number of nitrogens with zero attached hydrogens (tertiary/aromatic N) is 3. The van der Waals surface area contributed by atoms with Crippen molar-refractivity contribution in [3.05, 3.63) is 76.9 Å². The molecule has 1 heterocycles. The Kier molecular flexibility index (Phi) is 6.32. The Balaban J connectivity index is 1.31. The van der Waals surface area contributed by atoms with Crippen LogP contribution in [0.5, 0.6) is 5.75 Å². The maximum Gasteiger partial charge on any atom is 0.305 e. The van der Waals surface area contributed by atoms with E-state index in [2.05, 4.69) is 40.5 Å². The summed E-state index contributed by atoms with van der Waals surface area (Å²) in [6.07, 6.45) is 15.8. The highest BCUT2D eigenvalue weighted by Gasteiger charge is 2.28. The second-order valence-electron chi connectivity index (χ2n) is 7.95. The van der Waals surface area contributed by atoms with Crippen molar-refractivity contribution < 1.29 is 14.6 Å². The summed E-state index contributed by atoms with van der Waals surface area (Å²) >= 11 is 0. The Bertz CT molecular complexity index is 1030. The predicted octanol–water partition coefficient (Wildman–Crippen LogP) is 4.35. The van der Waals surface area contributed by atoms with Gasteiger partial charge in [-0.1, -0.05) is 36.4 Å². The maximum absolute atomic E-state index is 10.9. The molecule has 0 spiro atoms. The SMILES string of the molecule is N#CC(CC(=O)O)c1ccc(OCC2=CCC3C(=C2)C=NN3CC2=CC=CCC2)cc1. The average molecular weight is 415 g/mol. The third kappa shape index (κ3) is 5.13. The van der Waals surface area contributed by atoms with Crippen LogP contribution >= 0.6 is 0 Å². The highest BCUT2D eigenvalue weighted by molar-refractivity contribution is 5.83. The van der Waals surface area contributed by atoms with E-state index in [0.717, 1.165) is 31.4 Å². The molecular weight excluding hydrogens is 390 g/mol. The fraction of sp³-hybridized carbons (Fsp3) is 0.320. The van der Waals surface area contributed by atoms with Crippen LogP contribution in [0.4, 0.5) is 0 Å². The normalized spacial score (nSPS) is 20.3. The molecular formula is C25H25N3O3. The summed E-state index contributed by atoms with van der Waals surface area (Å²) in [6.45, 7) is 1.33. The van der Waals surface area contributed by atoms with Gasteiger partial charge in [-0.05, 0) is 59.8 Å². The van der Waals surface area contributed by atoms with Gasteiger partial charge in [-0.3, -0.25) is 9.80 Å². The number of hydrazone groups is 1. The minimum atomic E-state index is -0.983. The number of aliphatic carboxylic acids is 1. The fourth-order valence-electron chi connectivity index (χ4n) is 4.03. The van der Waals surface area contributed by atoms with Crippen LogP contribution < -0.4 is 4.74 Å². The summed E-state index contributed by atoms with van der Waals surface area (Å²) in [5, 5.41) is 24.9. The van der Waals surface area contributed by atoms with Crippen LogP contribution in [-0.2, 0) is 4.79 Å². The number of carbonyl (C=O) groups is 1. The molecule has 1 N–H and O–H groups in total. The zero-order valence-electron chi connectivity index (χ0n) is 17.3. The quantitative estimate of drug-likeness (QED) is 0.682. The Labute approximate surface area is 182 Å². The Morgan fingerprint density at radius 1 is 1.35 bits per heavy atom. The maximum atomic E-state index is 10.9. The van der Waals surface area contributed by atoms with E-state index in [-0.39, 0.29) is 6.42 Å². The van der Waals surface area contributed by atoms with Crippen LogP contribution in [0.25, 0.3) is 0 Å². The van der Waals surface area contributed by atoms with Crippen molar-refractivity contribution in [1.82, 2.24) is 5.01 Å². The lowest BCUT2D eigenvalue weighted by molar-refractivity contribution is -0.137. The predicted molar refractivity (Wildman–Crippen MR) is 119 cm³/mol. The molecule has 6 heteroatoms. The Morgan fingerprint density at radius 3 is 2.90 bits per heavy atom. The van der Waals surface area contributed by atoms with Crippen LogP contribution in [-0.4, -0.2) is 41.5 Å². The largest absolute Gasteiger partial charge is 0.489 e. The number of rotatable bonds is 8. The molecule has 2 aliphatic carbocycles. The minimum absolute atomic E-state index is 0.203. The van der Waals surface area contributed by atoms with Crippen molar-refractivity contribution in [2.24, 2.45) is 5.10 Å². The van der Waals surface area contributed by atoms with Crippen LogP contribution in [0.3, 0.4) is 0 Å². The van der Waals surface area contributed by atoms with Crippen molar-refractivity contribution >= 4 is 12.2 Å². The molecule has 0 amide bonds. The second kappa shape index (κ2) is 9.48. The van der Waals surface area contributed by atoms with Gasteiger partial charge in [0.1, 0.15) is 12.4 Å². The average Bonchev–Trinajstić information content (AvgIpc) is 3.19. The van der Waals surface area contributed by atoms with Crippen LogP contribution in [0.1, 0.15) is 37.2 Å². The standard InChI is InChI=1S/C25H25N3O3/c26-14-21(13-25(29)30)20-7-9-23(10-8-20)31-17-19-6-11-24-22(12-19)15-27-28(24)16-18-4-2-1-3-5-18/h1-2,4,6-10,12,15,21,24H,3,5,11,13,16-17H2,(H,29,30). The van der Waals surface area contributed by atoms with Gasteiger partial charge in [-0.2, -0.15) is 10.4 Å². The zero-order chi connectivity index (χ0) is 21.6. The number of fused-ring (bicyclic) bond motifs is 1. The molecule has 0 radical (unpaired) electrons. The zero-order valence-corrected chi connectivity index (χ0v) is 17.3. The molecule has 0 aromatic heterocycles. The van der Waals surface area contributed by atoms with Crippen molar-refractivity contribution in [1.29, 1.82) is 5.26 Å². The molecule has 6 nitrogen and oxygen atoms in total. The molecule has 0 bridgehead atoms. The monoisotopic (exact) mass is 415 g/mol. The van der Waals surface area contributed by atoms with E-state index in [9.17, 15) is 10.1 Å². The molecule has 0 saturated heterocycles. The minimum Gasteiger partial charge on any atom is -0.489 e. The van der Waals surface area contributed by atoms with E-state index in [1.54, 1.807) is 24.3 Å². The molecule has 31 heavy (non-hydrogen) atoms. The molecule has 0 saturated carbocycles. The summed E-state index contributed by atoms with van der Waals surface area (Å²) in [6, 6.07) is 9.42. The lowest BCUT2D eigenvalue weighted by Gasteiger charge is -2.27. The number of carboxylic acid groups (broad SMARTS) is 1. The van der Waals surface area contributed by atoms with Gasteiger partial charge in [-0.15, -0.1) is 0 Å².